The Hall–Kier alpha value is -1.29. The fourth-order valence-electron chi connectivity index (χ4n) is 1.75. The third kappa shape index (κ3) is 2.88. The van der Waals surface area contributed by atoms with E-state index in [1.54, 1.807) is 26.0 Å². The quantitative estimate of drug-likeness (QED) is 0.882. The summed E-state index contributed by atoms with van der Waals surface area (Å²) < 4.78 is 23.8. The van der Waals surface area contributed by atoms with E-state index in [0.717, 1.165) is 0 Å². The molecule has 0 aromatic heterocycles. The van der Waals surface area contributed by atoms with E-state index < -0.39 is 11.8 Å². The van der Waals surface area contributed by atoms with Crippen LogP contribution in [-0.4, -0.2) is 19.3 Å². The molecular weight excluding hydrogens is 223 g/mol. The average molecular weight is 242 g/mol. The molecule has 3 nitrogen and oxygen atoms in total. The first-order valence-electron chi connectivity index (χ1n) is 5.44. The van der Waals surface area contributed by atoms with Gasteiger partial charge >= 0.3 is 0 Å². The largest absolute Gasteiger partial charge is 0.493 e. The molecule has 0 bridgehead atoms. The molecule has 0 amide bonds. The summed E-state index contributed by atoms with van der Waals surface area (Å²) >= 11 is 0. The average Bonchev–Trinajstić information content (AvgIpc) is 2.25. The zero-order valence-corrected chi connectivity index (χ0v) is 10.9. The van der Waals surface area contributed by atoms with Crippen molar-refractivity contribution in [1.82, 2.24) is 0 Å². The molecule has 0 heterocycles. The summed E-state index contributed by atoms with van der Waals surface area (Å²) in [6.45, 7) is 4.65. The highest BCUT2D eigenvalue weighted by Gasteiger charge is 2.25. The Morgan fingerprint density at radius 2 is 1.65 bits per heavy atom. The Labute approximate surface area is 101 Å². The van der Waals surface area contributed by atoms with Crippen LogP contribution in [0.2, 0.25) is 0 Å². The molecular formula is C13H19FO3. The Kier molecular flexibility index (Phi) is 3.98. The van der Waals surface area contributed by atoms with E-state index in [0.29, 0.717) is 22.6 Å². The van der Waals surface area contributed by atoms with Crippen LogP contribution in [0, 0.1) is 0 Å². The second-order valence-electron chi connectivity index (χ2n) is 4.47. The number of methoxy groups -OCH3 is 2. The van der Waals surface area contributed by atoms with E-state index in [4.69, 9.17) is 9.47 Å². The predicted octanol–water partition coefficient (Wildman–Crippen LogP) is 2.96. The molecule has 0 aliphatic heterocycles. The van der Waals surface area contributed by atoms with Gasteiger partial charge in [0.05, 0.1) is 19.8 Å². The summed E-state index contributed by atoms with van der Waals surface area (Å²) in [5, 5.41) is 10.0. The number of aliphatic hydroxyl groups is 1. The zero-order valence-electron chi connectivity index (χ0n) is 10.9. The van der Waals surface area contributed by atoms with Gasteiger partial charge in [-0.15, -0.1) is 0 Å². The van der Waals surface area contributed by atoms with Gasteiger partial charge in [-0.3, -0.25) is 0 Å². The van der Waals surface area contributed by atoms with Crippen molar-refractivity contribution in [3.63, 3.8) is 0 Å². The summed E-state index contributed by atoms with van der Waals surface area (Å²) in [4.78, 5) is 0. The maximum Gasteiger partial charge on any atom is 0.161 e. The molecule has 0 aliphatic carbocycles. The summed E-state index contributed by atoms with van der Waals surface area (Å²) in [6.07, 6.45) is -1.18. The molecule has 1 atom stereocenters. The molecule has 1 aromatic rings. The lowest BCUT2D eigenvalue weighted by Gasteiger charge is -2.24. The second-order valence-corrected chi connectivity index (χ2v) is 4.47. The van der Waals surface area contributed by atoms with E-state index in [9.17, 15) is 9.50 Å². The normalized spacial score (nSPS) is 13.4. The first-order valence-corrected chi connectivity index (χ1v) is 5.44. The topological polar surface area (TPSA) is 38.7 Å². The number of hydrogen-bond acceptors (Lipinski definition) is 3. The van der Waals surface area contributed by atoms with Crippen LogP contribution in [0.1, 0.15) is 38.1 Å². The van der Waals surface area contributed by atoms with E-state index in [1.165, 1.54) is 21.1 Å². The van der Waals surface area contributed by atoms with Crippen molar-refractivity contribution in [3.8, 4) is 11.5 Å². The molecule has 0 saturated carbocycles. The van der Waals surface area contributed by atoms with Crippen molar-refractivity contribution in [2.45, 2.75) is 32.5 Å². The van der Waals surface area contributed by atoms with Gasteiger partial charge in [-0.05, 0) is 44.0 Å². The lowest BCUT2D eigenvalue weighted by Crippen LogP contribution is -2.18. The zero-order chi connectivity index (χ0) is 13.2. The lowest BCUT2D eigenvalue weighted by atomic mass is 9.91. The SMILES string of the molecule is COc1cc(C(C)F)c(C(C)(C)O)cc1OC. The van der Waals surface area contributed by atoms with Gasteiger partial charge in [0.25, 0.3) is 0 Å². The molecule has 1 N–H and O–H groups in total. The summed E-state index contributed by atoms with van der Waals surface area (Å²) in [7, 11) is 3.00. The molecule has 1 aromatic carbocycles. The van der Waals surface area contributed by atoms with Crippen molar-refractivity contribution in [3.05, 3.63) is 23.3 Å². The van der Waals surface area contributed by atoms with Gasteiger partial charge in [0.2, 0.25) is 0 Å². The molecule has 96 valence electrons. The molecule has 1 rings (SSSR count). The maximum atomic E-state index is 13.6. The molecule has 0 aliphatic rings. The van der Waals surface area contributed by atoms with Crippen molar-refractivity contribution in [1.29, 1.82) is 0 Å². The third-order valence-electron chi connectivity index (χ3n) is 2.64. The number of alkyl halides is 1. The van der Waals surface area contributed by atoms with Crippen LogP contribution in [0.25, 0.3) is 0 Å². The lowest BCUT2D eigenvalue weighted by molar-refractivity contribution is 0.0757. The van der Waals surface area contributed by atoms with E-state index in [1.807, 2.05) is 0 Å². The highest BCUT2D eigenvalue weighted by Crippen LogP contribution is 2.38. The summed E-state index contributed by atoms with van der Waals surface area (Å²) in [6, 6.07) is 3.18. The summed E-state index contributed by atoms with van der Waals surface area (Å²) in [5.74, 6) is 0.939. The molecule has 0 radical (unpaired) electrons. The van der Waals surface area contributed by atoms with Crippen molar-refractivity contribution >= 4 is 0 Å². The highest BCUT2D eigenvalue weighted by atomic mass is 19.1. The van der Waals surface area contributed by atoms with E-state index in [2.05, 4.69) is 0 Å². The van der Waals surface area contributed by atoms with E-state index >= 15 is 0 Å². The molecule has 0 saturated heterocycles. The minimum atomic E-state index is -1.18. The van der Waals surface area contributed by atoms with Crippen molar-refractivity contribution < 1.29 is 19.0 Å². The number of rotatable bonds is 4. The number of halogens is 1. The third-order valence-corrected chi connectivity index (χ3v) is 2.64. The number of ether oxygens (including phenoxy) is 2. The Morgan fingerprint density at radius 3 is 2.00 bits per heavy atom. The van der Waals surface area contributed by atoms with Gasteiger partial charge in [-0.25, -0.2) is 4.39 Å². The van der Waals surface area contributed by atoms with Gasteiger partial charge in [-0.1, -0.05) is 0 Å². The molecule has 4 heteroatoms. The van der Waals surface area contributed by atoms with Crippen LogP contribution in [-0.2, 0) is 5.60 Å². The number of benzene rings is 1. The fourth-order valence-corrected chi connectivity index (χ4v) is 1.75. The van der Waals surface area contributed by atoms with Crippen LogP contribution >= 0.6 is 0 Å². The standard InChI is InChI=1S/C13H19FO3/c1-8(14)9-6-11(16-4)12(17-5)7-10(9)13(2,3)15/h6-8,15H,1-5H3. The monoisotopic (exact) mass is 242 g/mol. The minimum Gasteiger partial charge on any atom is -0.493 e. The first-order chi connectivity index (χ1) is 7.81. The first kappa shape index (κ1) is 13.8. The Bertz CT molecular complexity index is 394. The fraction of sp³-hybridized carbons (Fsp3) is 0.538. The second kappa shape index (κ2) is 4.92. The van der Waals surface area contributed by atoms with Crippen molar-refractivity contribution in [2.24, 2.45) is 0 Å². The smallest absolute Gasteiger partial charge is 0.161 e. The molecule has 0 fully saturated rings. The van der Waals surface area contributed by atoms with Crippen LogP contribution in [0.4, 0.5) is 4.39 Å². The van der Waals surface area contributed by atoms with Gasteiger partial charge in [0.15, 0.2) is 11.5 Å². The Balaban J connectivity index is 3.46. The minimum absolute atomic E-state index is 0.412. The van der Waals surface area contributed by atoms with Crippen LogP contribution in [0.5, 0.6) is 11.5 Å². The maximum absolute atomic E-state index is 13.6. The van der Waals surface area contributed by atoms with Gasteiger partial charge < -0.3 is 14.6 Å². The van der Waals surface area contributed by atoms with Crippen LogP contribution in [0.15, 0.2) is 12.1 Å². The highest BCUT2D eigenvalue weighted by molar-refractivity contribution is 5.49. The van der Waals surface area contributed by atoms with Gasteiger partial charge in [0, 0.05) is 0 Å². The molecule has 0 spiro atoms. The molecule has 17 heavy (non-hydrogen) atoms. The van der Waals surface area contributed by atoms with Crippen LogP contribution in [0.3, 0.4) is 0 Å². The van der Waals surface area contributed by atoms with Gasteiger partial charge in [0.1, 0.15) is 6.17 Å². The van der Waals surface area contributed by atoms with Crippen molar-refractivity contribution in [2.75, 3.05) is 14.2 Å². The predicted molar refractivity (Wildman–Crippen MR) is 64.3 cm³/mol. The number of hydrogen-bond donors (Lipinski definition) is 1. The molecule has 1 unspecified atom stereocenters. The summed E-state index contributed by atoms with van der Waals surface area (Å²) in [5.41, 5.74) is -0.213. The van der Waals surface area contributed by atoms with Crippen LogP contribution < -0.4 is 9.47 Å². The van der Waals surface area contributed by atoms with Gasteiger partial charge in [-0.2, -0.15) is 0 Å². The Morgan fingerprint density at radius 1 is 1.18 bits per heavy atom. The van der Waals surface area contributed by atoms with E-state index in [-0.39, 0.29) is 0 Å².